The van der Waals surface area contributed by atoms with Gasteiger partial charge in [-0.25, -0.2) is 4.79 Å². The van der Waals surface area contributed by atoms with Gasteiger partial charge in [0.05, 0.1) is 0 Å². The summed E-state index contributed by atoms with van der Waals surface area (Å²) in [5.41, 5.74) is 2.73. The van der Waals surface area contributed by atoms with Crippen molar-refractivity contribution >= 4 is 29.6 Å². The largest absolute Gasteiger partial charge is 0.426 e. The summed E-state index contributed by atoms with van der Waals surface area (Å²) in [4.78, 5) is 16.3. The van der Waals surface area contributed by atoms with Crippen LogP contribution in [-0.4, -0.2) is 28.3 Å². The average Bonchev–Trinajstić information content (AvgIpc) is 2.45. The number of rotatable bonds is 11. The van der Waals surface area contributed by atoms with E-state index in [9.17, 15) is 4.79 Å². The maximum Gasteiger partial charge on any atom is 0.426 e. The van der Waals surface area contributed by atoms with Crippen molar-refractivity contribution < 1.29 is 9.63 Å². The minimum Gasteiger partial charge on any atom is -0.351 e. The molecular formula is C13H20N2O2S2. The van der Waals surface area contributed by atoms with Gasteiger partial charge in [-0.05, 0) is 6.08 Å². The Labute approximate surface area is 123 Å². The molecule has 1 amide bonds. The second-order valence-electron chi connectivity index (χ2n) is 3.23. The summed E-state index contributed by atoms with van der Waals surface area (Å²) in [6.07, 6.45) is 6.25. The van der Waals surface area contributed by atoms with Crippen LogP contribution >= 0.6 is 23.5 Å². The Morgan fingerprint density at radius 2 is 1.68 bits per heavy atom. The zero-order chi connectivity index (χ0) is 14.6. The van der Waals surface area contributed by atoms with E-state index in [1.807, 2.05) is 0 Å². The van der Waals surface area contributed by atoms with Crippen molar-refractivity contribution in [3.8, 4) is 0 Å². The molecule has 0 aromatic heterocycles. The van der Waals surface area contributed by atoms with Crippen molar-refractivity contribution in [3.63, 3.8) is 0 Å². The third-order valence-corrected chi connectivity index (χ3v) is 4.65. The normalized spacial score (nSPS) is 10.3. The number of amides is 1. The zero-order valence-corrected chi connectivity index (χ0v) is 12.5. The van der Waals surface area contributed by atoms with Crippen LogP contribution < -0.4 is 10.8 Å². The molecule has 0 atom stereocenters. The molecule has 0 aromatic carbocycles. The van der Waals surface area contributed by atoms with Gasteiger partial charge in [0.15, 0.2) is 4.20 Å². The summed E-state index contributed by atoms with van der Waals surface area (Å²) >= 11 is 3.04. The van der Waals surface area contributed by atoms with Crippen LogP contribution in [0.25, 0.3) is 0 Å². The smallest absolute Gasteiger partial charge is 0.351 e. The molecule has 0 aliphatic carbocycles. The predicted molar refractivity (Wildman–Crippen MR) is 86.1 cm³/mol. The number of hydroxylamine groups is 1. The van der Waals surface area contributed by atoms with Crippen molar-refractivity contribution in [2.24, 2.45) is 0 Å². The quantitative estimate of drug-likeness (QED) is 0.349. The Morgan fingerprint density at radius 1 is 1.11 bits per heavy atom. The summed E-state index contributed by atoms with van der Waals surface area (Å²) in [5, 5.41) is 2.51. The van der Waals surface area contributed by atoms with Gasteiger partial charge in [-0.2, -0.15) is 0 Å². The molecule has 0 aliphatic heterocycles. The second-order valence-corrected chi connectivity index (χ2v) is 6.02. The van der Waals surface area contributed by atoms with E-state index in [1.165, 1.54) is 23.5 Å². The molecule has 0 unspecified atom stereocenters. The Balaban J connectivity index is 4.48. The van der Waals surface area contributed by atoms with E-state index in [1.54, 1.807) is 24.3 Å². The molecule has 0 aliphatic rings. The first kappa shape index (κ1) is 17.9. The van der Waals surface area contributed by atoms with Crippen molar-refractivity contribution in [3.05, 3.63) is 50.6 Å². The lowest BCUT2D eigenvalue weighted by Gasteiger charge is -2.28. The monoisotopic (exact) mass is 300 g/mol. The van der Waals surface area contributed by atoms with Crippen molar-refractivity contribution in [2.75, 3.05) is 18.1 Å². The van der Waals surface area contributed by atoms with Gasteiger partial charge in [0.2, 0.25) is 0 Å². The van der Waals surface area contributed by atoms with E-state index in [-0.39, 0.29) is 0 Å². The highest BCUT2D eigenvalue weighted by Gasteiger charge is 2.28. The number of nitrogens with one attached hydrogen (secondary N) is 2. The van der Waals surface area contributed by atoms with Crippen molar-refractivity contribution in [1.29, 1.82) is 0 Å². The summed E-state index contributed by atoms with van der Waals surface area (Å²) in [6.45, 7) is 15.0. The molecule has 106 valence electrons. The molecule has 0 bridgehead atoms. The Morgan fingerprint density at radius 3 is 2.11 bits per heavy atom. The van der Waals surface area contributed by atoms with E-state index in [0.717, 1.165) is 0 Å². The van der Waals surface area contributed by atoms with Crippen LogP contribution in [0.2, 0.25) is 0 Å². The number of hydrogen-bond acceptors (Lipinski definition) is 5. The molecule has 6 heteroatoms. The van der Waals surface area contributed by atoms with Gasteiger partial charge in [-0.3, -0.25) is 0 Å². The van der Waals surface area contributed by atoms with Crippen LogP contribution in [0, 0.1) is 0 Å². The molecule has 0 saturated carbocycles. The van der Waals surface area contributed by atoms with Crippen molar-refractivity contribution in [1.82, 2.24) is 10.8 Å². The average molecular weight is 300 g/mol. The molecule has 0 aromatic rings. The molecule has 0 heterocycles. The first-order chi connectivity index (χ1) is 9.14. The van der Waals surface area contributed by atoms with E-state index in [2.05, 4.69) is 37.1 Å². The summed E-state index contributed by atoms with van der Waals surface area (Å²) in [5.74, 6) is 1.39. The highest BCUT2D eigenvalue weighted by atomic mass is 32.2. The van der Waals surface area contributed by atoms with Crippen LogP contribution in [0.5, 0.6) is 0 Å². The lowest BCUT2D eigenvalue weighted by atomic mass is 10.6. The van der Waals surface area contributed by atoms with Crippen LogP contribution in [-0.2, 0) is 4.84 Å². The molecule has 0 radical (unpaired) electrons. The maximum absolute atomic E-state index is 11.4. The third-order valence-electron chi connectivity index (χ3n) is 1.78. The molecule has 4 nitrogen and oxygen atoms in total. The van der Waals surface area contributed by atoms with Crippen LogP contribution in [0.1, 0.15) is 0 Å². The molecular weight excluding hydrogens is 280 g/mol. The number of carbonyl (C=O) groups is 1. The topological polar surface area (TPSA) is 50.4 Å². The minimum absolute atomic E-state index is 0.348. The van der Waals surface area contributed by atoms with E-state index in [0.29, 0.717) is 18.1 Å². The molecule has 0 fully saturated rings. The lowest BCUT2D eigenvalue weighted by Crippen LogP contribution is -2.41. The molecule has 0 spiro atoms. The summed E-state index contributed by atoms with van der Waals surface area (Å²) < 4.78 is -0.631. The predicted octanol–water partition coefficient (Wildman–Crippen LogP) is 3.08. The Bertz CT molecular complexity index is 321. The third kappa shape index (κ3) is 7.81. The fraction of sp³-hybridized carbons (Fsp3) is 0.308. The van der Waals surface area contributed by atoms with Gasteiger partial charge in [-0.15, -0.1) is 48.7 Å². The Kier molecular flexibility index (Phi) is 10.1. The van der Waals surface area contributed by atoms with E-state index < -0.39 is 10.3 Å². The molecule has 0 rings (SSSR count). The first-order valence-corrected chi connectivity index (χ1v) is 7.57. The molecule has 0 saturated heterocycles. The number of thioether (sulfide) groups is 2. The summed E-state index contributed by atoms with van der Waals surface area (Å²) in [7, 11) is 0. The van der Waals surface area contributed by atoms with E-state index in [4.69, 9.17) is 4.84 Å². The number of carbonyl (C=O) groups excluding carboxylic acids is 1. The van der Waals surface area contributed by atoms with Gasteiger partial charge in [-0.1, -0.05) is 24.8 Å². The molecule has 2 N–H and O–H groups in total. The maximum atomic E-state index is 11.4. The zero-order valence-electron chi connectivity index (χ0n) is 10.9. The lowest BCUT2D eigenvalue weighted by molar-refractivity contribution is 0.0869. The highest BCUT2D eigenvalue weighted by molar-refractivity contribution is 8.18. The van der Waals surface area contributed by atoms with Crippen LogP contribution in [0.15, 0.2) is 50.6 Å². The van der Waals surface area contributed by atoms with Gasteiger partial charge >= 0.3 is 6.09 Å². The van der Waals surface area contributed by atoms with E-state index >= 15 is 0 Å². The standard InChI is InChI=1S/C13H20N2O2S2/c1-5-9-14-12(16)17-15-13(8-4,18-10-6-2)19-11-7-3/h5-8,15H,1-4,9-11H2,(H,14,16). The fourth-order valence-corrected chi connectivity index (χ4v) is 2.84. The van der Waals surface area contributed by atoms with Gasteiger partial charge in [0, 0.05) is 18.1 Å². The SMILES string of the molecule is C=CCNC(=O)ONC(C=C)(SCC=C)SCC=C. The molecule has 19 heavy (non-hydrogen) atoms. The van der Waals surface area contributed by atoms with Crippen molar-refractivity contribution in [2.45, 2.75) is 4.20 Å². The highest BCUT2D eigenvalue weighted by Crippen LogP contribution is 2.36. The van der Waals surface area contributed by atoms with Crippen LogP contribution in [0.4, 0.5) is 4.79 Å². The van der Waals surface area contributed by atoms with Gasteiger partial charge in [0.25, 0.3) is 0 Å². The van der Waals surface area contributed by atoms with Gasteiger partial charge < -0.3 is 10.2 Å². The van der Waals surface area contributed by atoms with Gasteiger partial charge in [0.1, 0.15) is 0 Å². The Hall–Kier alpha value is -1.11. The summed E-state index contributed by atoms with van der Waals surface area (Å²) in [6, 6.07) is 0. The van der Waals surface area contributed by atoms with Crippen LogP contribution in [0.3, 0.4) is 0 Å². The first-order valence-electron chi connectivity index (χ1n) is 5.60. The minimum atomic E-state index is -0.631. The fourth-order valence-electron chi connectivity index (χ4n) is 0.935. The number of hydrogen-bond donors (Lipinski definition) is 2. The second kappa shape index (κ2) is 10.8.